The van der Waals surface area contributed by atoms with Gasteiger partial charge in [-0.1, -0.05) is 7.43 Å². The summed E-state index contributed by atoms with van der Waals surface area (Å²) in [6.07, 6.45) is 0. The van der Waals surface area contributed by atoms with Gasteiger partial charge in [-0.2, -0.15) is 5.10 Å². The van der Waals surface area contributed by atoms with Gasteiger partial charge in [0.1, 0.15) is 11.9 Å². The summed E-state index contributed by atoms with van der Waals surface area (Å²) in [5, 5.41) is 15.2. The zero-order valence-electron chi connectivity index (χ0n) is 12.2. The number of nitrogens with one attached hydrogen (secondary N) is 6. The number of aromatic nitrogens is 5. The lowest BCUT2D eigenvalue weighted by Crippen LogP contribution is -2.24. The molecule has 0 radical (unpaired) electrons. The first kappa shape index (κ1) is 19.9. The molecule has 1 aliphatic heterocycles. The van der Waals surface area contributed by atoms with Crippen LogP contribution in [0.1, 0.15) is 25.9 Å². The van der Waals surface area contributed by atoms with Crippen molar-refractivity contribution >= 4 is 11.9 Å². The average Bonchev–Trinajstić information content (AvgIpc) is 3.06. The summed E-state index contributed by atoms with van der Waals surface area (Å²) >= 11 is 0. The Hall–Kier alpha value is -3.11. The first-order valence-corrected chi connectivity index (χ1v) is 6.25. The van der Waals surface area contributed by atoms with Crippen LogP contribution >= 0.6 is 0 Å². The van der Waals surface area contributed by atoms with Crippen LogP contribution in [0.5, 0.6) is 0 Å². The molecule has 6 N–H and O–H groups in total. The highest BCUT2D eigenvalue weighted by Gasteiger charge is 2.24. The molecule has 0 saturated carbocycles. The van der Waals surface area contributed by atoms with Crippen molar-refractivity contribution < 1.29 is 9.59 Å². The Kier molecular flexibility index (Phi) is 7.80. The molecule has 1 saturated heterocycles. The van der Waals surface area contributed by atoms with Gasteiger partial charge < -0.3 is 10.4 Å². The van der Waals surface area contributed by atoms with Gasteiger partial charge in [0.15, 0.2) is 0 Å². The molecular weight excluding hydrogens is 306 g/mol. The molecule has 2 aromatic heterocycles. The normalized spacial score (nSPS) is 15.2. The topological polar surface area (TPSA) is 168 Å². The number of carbonyl (C=O) groups is 2. The molecule has 0 spiro atoms. The summed E-state index contributed by atoms with van der Waals surface area (Å²) < 4.78 is 0. The van der Waals surface area contributed by atoms with Crippen LogP contribution in [-0.2, 0) is 4.79 Å². The highest BCUT2D eigenvalue weighted by molar-refractivity contribution is 6.03. The van der Waals surface area contributed by atoms with E-state index in [4.69, 9.17) is 0 Å². The van der Waals surface area contributed by atoms with Gasteiger partial charge in [0.2, 0.25) is 5.91 Å². The zero-order chi connectivity index (χ0) is 16.7. The third-order valence-corrected chi connectivity index (χ3v) is 2.33. The smallest absolute Gasteiger partial charge is 0.326 e. The van der Waals surface area contributed by atoms with Crippen molar-refractivity contribution in [1.29, 1.82) is 0 Å². The van der Waals surface area contributed by atoms with Gasteiger partial charge in [-0.25, -0.2) is 14.7 Å². The van der Waals surface area contributed by atoms with E-state index in [1.807, 2.05) is 6.92 Å². The van der Waals surface area contributed by atoms with Crippen LogP contribution in [0.3, 0.4) is 0 Å². The summed E-state index contributed by atoms with van der Waals surface area (Å²) in [4.78, 5) is 43.3. The minimum absolute atomic E-state index is 0. The number of H-pyrrole nitrogens is 4. The SMILES string of the molecule is C.CC1NC(=O)NC1=O.Cc1cc(=O)[nH][nH]1.Cc1n[nH]c(=O)[nH]1. The van der Waals surface area contributed by atoms with Crippen molar-refractivity contribution in [2.45, 2.75) is 34.2 Å². The standard InChI is InChI=1S/C4H6N2O2.C4H6N2O.C3H5N3O.CH4/c1-2-3(7)6-4(8)5-2;1-3-2-4(7)6-5-3;1-2-4-3(7)6-5-2;/h2H,1H3,(H2,5,6,7,8);2H,1H3,(H2,5,6,7);1H3,(H2,4,5,6,7);1H4. The number of amides is 3. The second-order valence-corrected chi connectivity index (χ2v) is 4.39. The number of nitrogens with zero attached hydrogens (tertiary/aromatic N) is 1. The summed E-state index contributed by atoms with van der Waals surface area (Å²) in [6, 6.07) is 0.741. The minimum atomic E-state index is -0.400. The van der Waals surface area contributed by atoms with Gasteiger partial charge in [-0.05, 0) is 20.8 Å². The molecule has 3 heterocycles. The Morgan fingerprint density at radius 3 is 1.87 bits per heavy atom. The fourth-order valence-electron chi connectivity index (χ4n) is 1.30. The van der Waals surface area contributed by atoms with Crippen LogP contribution in [-0.4, -0.2) is 43.4 Å². The van der Waals surface area contributed by atoms with Crippen molar-refractivity contribution in [3.05, 3.63) is 38.4 Å². The molecule has 3 amide bonds. The van der Waals surface area contributed by atoms with E-state index in [0.717, 1.165) is 5.69 Å². The number of urea groups is 1. The molecule has 11 nitrogen and oxygen atoms in total. The number of rotatable bonds is 0. The third-order valence-electron chi connectivity index (χ3n) is 2.33. The highest BCUT2D eigenvalue weighted by Crippen LogP contribution is 1.88. The van der Waals surface area contributed by atoms with Crippen molar-refractivity contribution in [3.8, 4) is 0 Å². The van der Waals surface area contributed by atoms with E-state index in [-0.39, 0.29) is 30.6 Å². The second-order valence-electron chi connectivity index (χ2n) is 4.39. The van der Waals surface area contributed by atoms with Crippen LogP contribution < -0.4 is 21.9 Å². The van der Waals surface area contributed by atoms with Crippen LogP contribution in [0.15, 0.2) is 15.7 Å². The lowest BCUT2D eigenvalue weighted by Gasteiger charge is -1.91. The van der Waals surface area contributed by atoms with Crippen LogP contribution in [0, 0.1) is 13.8 Å². The third kappa shape index (κ3) is 7.45. The molecule has 2 aromatic rings. The largest absolute Gasteiger partial charge is 0.340 e. The molecule has 1 fully saturated rings. The Bertz CT molecular complexity index is 692. The Morgan fingerprint density at radius 1 is 1.09 bits per heavy atom. The van der Waals surface area contributed by atoms with Gasteiger partial charge in [-0.3, -0.25) is 25.0 Å². The van der Waals surface area contributed by atoms with Gasteiger partial charge in [-0.15, -0.1) is 0 Å². The predicted molar refractivity (Wildman–Crippen MR) is 83.0 cm³/mol. The number of hydrogen-bond acceptors (Lipinski definition) is 5. The van der Waals surface area contributed by atoms with Crippen molar-refractivity contribution in [2.75, 3.05) is 0 Å². The maximum Gasteiger partial charge on any atom is 0.340 e. The van der Waals surface area contributed by atoms with E-state index in [1.54, 1.807) is 13.8 Å². The van der Waals surface area contributed by atoms with Crippen molar-refractivity contribution in [3.63, 3.8) is 0 Å². The van der Waals surface area contributed by atoms with E-state index in [2.05, 4.69) is 36.0 Å². The number of aromatic amines is 4. The molecule has 0 aromatic carbocycles. The van der Waals surface area contributed by atoms with E-state index in [0.29, 0.717) is 5.82 Å². The van der Waals surface area contributed by atoms with E-state index in [1.165, 1.54) is 6.07 Å². The molecule has 1 aliphatic rings. The summed E-state index contributed by atoms with van der Waals surface area (Å²) in [5.74, 6) is 0.361. The molecule has 0 bridgehead atoms. The quantitative estimate of drug-likeness (QED) is 0.350. The fraction of sp³-hybridized carbons (Fsp3) is 0.417. The maximum atomic E-state index is 10.4. The fourth-order valence-corrected chi connectivity index (χ4v) is 1.30. The highest BCUT2D eigenvalue weighted by atomic mass is 16.2. The Labute approximate surface area is 131 Å². The van der Waals surface area contributed by atoms with Gasteiger partial charge in [0, 0.05) is 11.8 Å². The molecule has 1 atom stereocenters. The lowest BCUT2D eigenvalue weighted by atomic mass is 10.4. The summed E-state index contributed by atoms with van der Waals surface area (Å²) in [6.45, 7) is 5.15. The number of carbonyl (C=O) groups excluding carboxylic acids is 2. The van der Waals surface area contributed by atoms with E-state index < -0.39 is 6.03 Å². The van der Waals surface area contributed by atoms with Gasteiger partial charge in [0.05, 0.1) is 0 Å². The number of aryl methyl sites for hydroxylation is 2. The Balaban J connectivity index is 0.000000310. The second kappa shape index (κ2) is 9.02. The van der Waals surface area contributed by atoms with Gasteiger partial charge in [0.25, 0.3) is 5.56 Å². The molecule has 11 heteroatoms. The molecule has 1 unspecified atom stereocenters. The number of imide groups is 1. The van der Waals surface area contributed by atoms with Gasteiger partial charge >= 0.3 is 11.7 Å². The van der Waals surface area contributed by atoms with E-state index >= 15 is 0 Å². The first-order valence-electron chi connectivity index (χ1n) is 6.25. The molecular formula is C12H21N7O4. The molecule has 23 heavy (non-hydrogen) atoms. The van der Waals surface area contributed by atoms with Crippen LogP contribution in [0.2, 0.25) is 0 Å². The molecule has 0 aliphatic carbocycles. The monoisotopic (exact) mass is 327 g/mol. The average molecular weight is 327 g/mol. The van der Waals surface area contributed by atoms with E-state index in [9.17, 15) is 19.2 Å². The van der Waals surface area contributed by atoms with Crippen molar-refractivity contribution in [2.24, 2.45) is 0 Å². The predicted octanol–water partition coefficient (Wildman–Crippen LogP) is -0.732. The number of hydrogen-bond donors (Lipinski definition) is 6. The maximum absolute atomic E-state index is 10.4. The van der Waals surface area contributed by atoms with Crippen LogP contribution in [0.4, 0.5) is 4.79 Å². The minimum Gasteiger partial charge on any atom is -0.326 e. The Morgan fingerprint density at radius 2 is 1.74 bits per heavy atom. The molecule has 3 rings (SSSR count). The molecule has 128 valence electrons. The lowest BCUT2D eigenvalue weighted by molar-refractivity contribution is -0.119. The van der Waals surface area contributed by atoms with Crippen LogP contribution in [0.25, 0.3) is 0 Å². The van der Waals surface area contributed by atoms with Crippen molar-refractivity contribution in [1.82, 2.24) is 36.0 Å². The zero-order valence-corrected chi connectivity index (χ0v) is 12.2. The summed E-state index contributed by atoms with van der Waals surface area (Å²) in [5.41, 5.74) is 0.542. The first-order chi connectivity index (χ1) is 10.3. The summed E-state index contributed by atoms with van der Waals surface area (Å²) in [7, 11) is 0.